The Kier molecular flexibility index (Phi) is 5.53. The van der Waals surface area contributed by atoms with Gasteiger partial charge in [0, 0.05) is 0 Å². The summed E-state index contributed by atoms with van der Waals surface area (Å²) in [5.41, 5.74) is 1.25. The molecule has 6 heteroatoms. The zero-order valence-corrected chi connectivity index (χ0v) is 16.0. The van der Waals surface area contributed by atoms with Crippen LogP contribution in [0.25, 0.3) is 0 Å². The lowest BCUT2D eigenvalue weighted by atomic mass is 9.95. The summed E-state index contributed by atoms with van der Waals surface area (Å²) in [6.45, 7) is 4.74. The second-order valence-corrected chi connectivity index (χ2v) is 8.84. The van der Waals surface area contributed by atoms with Crippen LogP contribution in [0.5, 0.6) is 11.5 Å². The number of fused-ring (bicyclic) bond motifs is 1. The Morgan fingerprint density at radius 1 is 1.00 bits per heavy atom. The Morgan fingerprint density at radius 2 is 1.69 bits per heavy atom. The van der Waals surface area contributed by atoms with Crippen LogP contribution in [0, 0.1) is 0 Å². The fourth-order valence-electron chi connectivity index (χ4n) is 3.04. The van der Waals surface area contributed by atoms with Crippen LogP contribution in [0.2, 0.25) is 0 Å². The van der Waals surface area contributed by atoms with Gasteiger partial charge in [-0.1, -0.05) is 36.4 Å². The molecular weight excluding hydrogens is 350 g/mol. The van der Waals surface area contributed by atoms with E-state index in [0.717, 1.165) is 17.5 Å². The highest BCUT2D eigenvalue weighted by molar-refractivity contribution is 7.89. The Labute approximate surface area is 155 Å². The van der Waals surface area contributed by atoms with Crippen molar-refractivity contribution in [2.24, 2.45) is 0 Å². The zero-order chi connectivity index (χ0) is 18.6. The maximum absolute atomic E-state index is 12.5. The predicted molar refractivity (Wildman–Crippen MR) is 102 cm³/mol. The number of rotatable bonds is 7. The van der Waals surface area contributed by atoms with E-state index in [0.29, 0.717) is 31.1 Å². The van der Waals surface area contributed by atoms with E-state index in [2.05, 4.69) is 4.72 Å². The van der Waals surface area contributed by atoms with Crippen LogP contribution < -0.4 is 14.2 Å². The molecule has 0 amide bonds. The molecule has 0 bridgehead atoms. The molecule has 140 valence electrons. The molecule has 0 aromatic heterocycles. The molecule has 2 aromatic carbocycles. The molecule has 26 heavy (non-hydrogen) atoms. The van der Waals surface area contributed by atoms with Crippen LogP contribution in [-0.4, -0.2) is 27.4 Å². The molecule has 2 aromatic rings. The molecular formula is C20H25NO4S. The molecule has 0 saturated carbocycles. The topological polar surface area (TPSA) is 64.6 Å². The van der Waals surface area contributed by atoms with E-state index in [-0.39, 0.29) is 5.75 Å². The Balaban J connectivity index is 1.63. The molecule has 1 heterocycles. The van der Waals surface area contributed by atoms with Crippen LogP contribution in [0.4, 0.5) is 0 Å². The summed E-state index contributed by atoms with van der Waals surface area (Å²) in [5.74, 6) is 1.45. The first-order valence-electron chi connectivity index (χ1n) is 8.81. The van der Waals surface area contributed by atoms with Crippen LogP contribution in [0.3, 0.4) is 0 Å². The first-order chi connectivity index (χ1) is 12.4. The number of ether oxygens (including phenoxy) is 2. The fraction of sp³-hybridized carbons (Fsp3) is 0.400. The van der Waals surface area contributed by atoms with Crippen molar-refractivity contribution >= 4 is 10.0 Å². The summed E-state index contributed by atoms with van der Waals surface area (Å²) in [4.78, 5) is 0. The molecule has 0 spiro atoms. The van der Waals surface area contributed by atoms with Crippen molar-refractivity contribution in [3.05, 3.63) is 59.7 Å². The smallest absolute Gasteiger partial charge is 0.212 e. The van der Waals surface area contributed by atoms with Gasteiger partial charge in [-0.25, -0.2) is 13.1 Å². The Hall–Kier alpha value is -2.05. The summed E-state index contributed by atoms with van der Waals surface area (Å²) in [5, 5.41) is 0. The van der Waals surface area contributed by atoms with Crippen molar-refractivity contribution < 1.29 is 17.9 Å². The molecule has 0 atom stereocenters. The molecule has 0 saturated heterocycles. The van der Waals surface area contributed by atoms with E-state index in [1.165, 1.54) is 0 Å². The average molecular weight is 375 g/mol. The minimum absolute atomic E-state index is 0.0931. The van der Waals surface area contributed by atoms with Crippen LogP contribution >= 0.6 is 0 Å². The molecule has 0 aliphatic carbocycles. The van der Waals surface area contributed by atoms with Gasteiger partial charge in [0.2, 0.25) is 10.0 Å². The summed E-state index contributed by atoms with van der Waals surface area (Å²) < 4.78 is 39.0. The minimum Gasteiger partial charge on any atom is -0.486 e. The third-order valence-electron chi connectivity index (χ3n) is 4.40. The van der Waals surface area contributed by atoms with E-state index < -0.39 is 15.6 Å². The lowest BCUT2D eigenvalue weighted by Crippen LogP contribution is -2.42. The summed E-state index contributed by atoms with van der Waals surface area (Å²) in [6.07, 6.45) is 1.32. The van der Waals surface area contributed by atoms with Crippen molar-refractivity contribution in [3.8, 4) is 11.5 Å². The fourth-order valence-corrected chi connectivity index (χ4v) is 4.56. The van der Waals surface area contributed by atoms with Gasteiger partial charge >= 0.3 is 0 Å². The number of hydrogen-bond acceptors (Lipinski definition) is 4. The van der Waals surface area contributed by atoms with Crippen LogP contribution in [0.15, 0.2) is 48.5 Å². The highest BCUT2D eigenvalue weighted by atomic mass is 32.2. The van der Waals surface area contributed by atoms with E-state index in [1.54, 1.807) is 0 Å². The first-order valence-corrected chi connectivity index (χ1v) is 10.5. The number of sulfonamides is 1. The van der Waals surface area contributed by atoms with Gasteiger partial charge in [0.25, 0.3) is 0 Å². The van der Waals surface area contributed by atoms with Crippen molar-refractivity contribution in [2.45, 2.75) is 32.2 Å². The molecule has 1 aliphatic heterocycles. The van der Waals surface area contributed by atoms with E-state index in [9.17, 15) is 8.42 Å². The van der Waals surface area contributed by atoms with Crippen LogP contribution in [0.1, 0.15) is 31.4 Å². The van der Waals surface area contributed by atoms with Crippen molar-refractivity contribution in [1.29, 1.82) is 0 Å². The van der Waals surface area contributed by atoms with Crippen molar-refractivity contribution in [1.82, 2.24) is 4.72 Å². The van der Waals surface area contributed by atoms with Gasteiger partial charge in [-0.2, -0.15) is 0 Å². The molecule has 3 rings (SSSR count). The highest BCUT2D eigenvalue weighted by Crippen LogP contribution is 2.34. The number of nitrogens with one attached hydrogen (secondary N) is 1. The van der Waals surface area contributed by atoms with E-state index >= 15 is 0 Å². The predicted octanol–water partition coefficient (Wildman–Crippen LogP) is 3.25. The molecule has 1 N–H and O–H groups in total. The monoisotopic (exact) mass is 375 g/mol. The highest BCUT2D eigenvalue weighted by Gasteiger charge is 2.28. The summed E-state index contributed by atoms with van der Waals surface area (Å²) in [6, 6.07) is 15.5. The molecule has 0 radical (unpaired) electrons. The van der Waals surface area contributed by atoms with Gasteiger partial charge in [-0.3, -0.25) is 0 Å². The normalized spacial score (nSPS) is 14.2. The van der Waals surface area contributed by atoms with Gasteiger partial charge in [0.05, 0.1) is 11.3 Å². The van der Waals surface area contributed by atoms with Gasteiger partial charge in [0.15, 0.2) is 11.5 Å². The maximum Gasteiger partial charge on any atom is 0.212 e. The second kappa shape index (κ2) is 7.68. The van der Waals surface area contributed by atoms with Gasteiger partial charge < -0.3 is 9.47 Å². The third-order valence-corrected chi connectivity index (χ3v) is 6.04. The number of hydrogen-bond donors (Lipinski definition) is 1. The SMILES string of the molecule is CC(C)(NS(=O)(=O)CCCc1ccccc1)c1ccc2c(c1)OCCO2. The molecule has 0 unspecified atom stereocenters. The van der Waals surface area contributed by atoms with Crippen LogP contribution in [-0.2, 0) is 22.0 Å². The zero-order valence-electron chi connectivity index (χ0n) is 15.2. The lowest BCUT2D eigenvalue weighted by molar-refractivity contribution is 0.171. The molecule has 5 nitrogen and oxygen atoms in total. The van der Waals surface area contributed by atoms with Gasteiger partial charge in [-0.05, 0) is 49.9 Å². The first kappa shape index (κ1) is 18.7. The van der Waals surface area contributed by atoms with Crippen molar-refractivity contribution in [2.75, 3.05) is 19.0 Å². The summed E-state index contributed by atoms with van der Waals surface area (Å²) in [7, 11) is -3.40. The Morgan fingerprint density at radius 3 is 2.42 bits per heavy atom. The minimum atomic E-state index is -3.40. The largest absolute Gasteiger partial charge is 0.486 e. The summed E-state index contributed by atoms with van der Waals surface area (Å²) >= 11 is 0. The molecule has 0 fully saturated rings. The van der Waals surface area contributed by atoms with Crippen molar-refractivity contribution in [3.63, 3.8) is 0 Å². The van der Waals surface area contributed by atoms with E-state index in [4.69, 9.17) is 9.47 Å². The quantitative estimate of drug-likeness (QED) is 0.807. The number of benzene rings is 2. The number of aryl methyl sites for hydroxylation is 1. The standard InChI is InChI=1S/C20H25NO4S/c1-20(2,17-10-11-18-19(15-17)25-13-12-24-18)21-26(22,23)14-6-9-16-7-4-3-5-8-16/h3-5,7-8,10-11,15,21H,6,9,12-14H2,1-2H3. The lowest BCUT2D eigenvalue weighted by Gasteiger charge is -2.28. The average Bonchev–Trinajstić information content (AvgIpc) is 2.61. The van der Waals surface area contributed by atoms with E-state index in [1.807, 2.05) is 62.4 Å². The second-order valence-electron chi connectivity index (χ2n) is 6.99. The Bertz CT molecular complexity index is 847. The van der Waals surface area contributed by atoms with Gasteiger partial charge in [0.1, 0.15) is 13.2 Å². The maximum atomic E-state index is 12.5. The third kappa shape index (κ3) is 4.77. The molecule has 1 aliphatic rings. The van der Waals surface area contributed by atoms with Gasteiger partial charge in [-0.15, -0.1) is 0 Å².